The highest BCUT2D eigenvalue weighted by atomic mass is 19.3. The lowest BCUT2D eigenvalue weighted by atomic mass is 9.92. The molecule has 2 aliphatic rings. The van der Waals surface area contributed by atoms with Gasteiger partial charge in [0.2, 0.25) is 5.92 Å². The van der Waals surface area contributed by atoms with Crippen LogP contribution in [-0.2, 0) is 4.74 Å². The zero-order valence-corrected chi connectivity index (χ0v) is 16.7. The molecule has 1 aromatic heterocycles. The molecule has 6 nitrogen and oxygen atoms in total. The second-order valence-electron chi connectivity index (χ2n) is 8.63. The van der Waals surface area contributed by atoms with Gasteiger partial charge in [-0.3, -0.25) is 4.68 Å². The highest BCUT2D eigenvalue weighted by Gasteiger charge is 2.36. The zero-order chi connectivity index (χ0) is 19.8. The smallest absolute Gasteiger partial charge is 0.410 e. The van der Waals surface area contributed by atoms with Gasteiger partial charge in [-0.25, -0.2) is 13.6 Å². The first-order valence-corrected chi connectivity index (χ1v) is 9.71. The largest absolute Gasteiger partial charge is 0.444 e. The number of amides is 1. The van der Waals surface area contributed by atoms with E-state index in [-0.39, 0.29) is 25.0 Å². The molecule has 1 aliphatic heterocycles. The Morgan fingerprint density at radius 1 is 1.19 bits per heavy atom. The molecule has 0 radical (unpaired) electrons. The number of rotatable bonds is 2. The maximum atomic E-state index is 13.4. The monoisotopic (exact) mass is 384 g/mol. The lowest BCUT2D eigenvalue weighted by Gasteiger charge is -2.35. The first-order chi connectivity index (χ1) is 12.5. The molecule has 1 amide bonds. The third-order valence-electron chi connectivity index (χ3n) is 5.20. The molecule has 152 valence electrons. The molecule has 1 saturated heterocycles. The van der Waals surface area contributed by atoms with E-state index in [1.807, 2.05) is 38.4 Å². The van der Waals surface area contributed by atoms with Gasteiger partial charge in [0.05, 0.1) is 6.04 Å². The van der Waals surface area contributed by atoms with Crippen molar-refractivity contribution in [3.63, 3.8) is 0 Å². The summed E-state index contributed by atoms with van der Waals surface area (Å²) in [6.07, 6.45) is 0.497. The second kappa shape index (κ2) is 7.28. The Morgan fingerprint density at radius 2 is 1.78 bits per heavy atom. The van der Waals surface area contributed by atoms with Crippen LogP contribution in [-0.4, -0.2) is 58.5 Å². The van der Waals surface area contributed by atoms with Gasteiger partial charge in [0, 0.05) is 50.8 Å². The molecule has 3 rings (SSSR count). The summed E-state index contributed by atoms with van der Waals surface area (Å²) in [6.45, 7) is 10.1. The van der Waals surface area contributed by atoms with Gasteiger partial charge in [0.15, 0.2) is 5.82 Å². The van der Waals surface area contributed by atoms with E-state index in [1.165, 1.54) is 0 Å². The molecule has 2 heterocycles. The van der Waals surface area contributed by atoms with Crippen LogP contribution in [0.5, 0.6) is 0 Å². The van der Waals surface area contributed by atoms with Crippen molar-refractivity contribution in [2.75, 3.05) is 31.1 Å². The number of anilines is 1. The van der Waals surface area contributed by atoms with Gasteiger partial charge in [-0.2, -0.15) is 5.10 Å². The number of ether oxygens (including phenoxy) is 1. The number of nitrogens with zero attached hydrogens (tertiary/aromatic N) is 4. The number of carbonyl (C=O) groups is 1. The minimum Gasteiger partial charge on any atom is -0.444 e. The third kappa shape index (κ3) is 4.90. The summed E-state index contributed by atoms with van der Waals surface area (Å²) in [5.74, 6) is -1.67. The summed E-state index contributed by atoms with van der Waals surface area (Å²) < 4.78 is 34.2. The number of halogens is 2. The number of alkyl halides is 2. The van der Waals surface area contributed by atoms with E-state index in [9.17, 15) is 13.6 Å². The average molecular weight is 384 g/mol. The fraction of sp³-hybridized carbons (Fsp3) is 0.789. The number of hydrogen-bond donors (Lipinski definition) is 0. The van der Waals surface area contributed by atoms with E-state index >= 15 is 0 Å². The van der Waals surface area contributed by atoms with Gasteiger partial charge in [-0.15, -0.1) is 0 Å². The number of hydrogen-bond acceptors (Lipinski definition) is 4. The van der Waals surface area contributed by atoms with Crippen molar-refractivity contribution < 1.29 is 18.3 Å². The standard InChI is InChI=1S/C19H30F2N4O2/c1-14-13-16(22-25(14)15-5-7-19(20,21)8-6-15)23-9-11-24(12-10-23)17(26)27-18(2,3)4/h13,15H,5-12H2,1-4H3. The van der Waals surface area contributed by atoms with Gasteiger partial charge >= 0.3 is 6.09 Å². The predicted molar refractivity (Wildman–Crippen MR) is 99.4 cm³/mol. The van der Waals surface area contributed by atoms with Crippen LogP contribution in [0.4, 0.5) is 19.4 Å². The molecule has 0 aromatic carbocycles. The topological polar surface area (TPSA) is 50.6 Å². The van der Waals surface area contributed by atoms with Gasteiger partial charge in [0.25, 0.3) is 0 Å². The minimum absolute atomic E-state index is 0.0430. The molecule has 0 spiro atoms. The Labute approximate surface area is 159 Å². The number of aryl methyl sites for hydroxylation is 1. The molecular formula is C19H30F2N4O2. The van der Waals surface area contributed by atoms with Crippen molar-refractivity contribution in [3.8, 4) is 0 Å². The molecule has 0 unspecified atom stereocenters. The number of piperazine rings is 1. The molecule has 27 heavy (non-hydrogen) atoms. The van der Waals surface area contributed by atoms with Crippen molar-refractivity contribution in [2.24, 2.45) is 0 Å². The highest BCUT2D eigenvalue weighted by molar-refractivity contribution is 5.68. The van der Waals surface area contributed by atoms with Gasteiger partial charge < -0.3 is 14.5 Å². The van der Waals surface area contributed by atoms with Crippen molar-refractivity contribution >= 4 is 11.9 Å². The van der Waals surface area contributed by atoms with E-state index in [2.05, 4.69) is 4.90 Å². The predicted octanol–water partition coefficient (Wildman–Crippen LogP) is 4.00. The molecule has 1 aromatic rings. The summed E-state index contributed by atoms with van der Waals surface area (Å²) in [7, 11) is 0. The SMILES string of the molecule is Cc1cc(N2CCN(C(=O)OC(C)(C)C)CC2)nn1C1CCC(F)(F)CC1. The molecule has 1 aliphatic carbocycles. The van der Waals surface area contributed by atoms with E-state index in [1.54, 1.807) is 4.90 Å². The normalized spacial score (nSPS) is 21.4. The zero-order valence-electron chi connectivity index (χ0n) is 16.7. The molecule has 2 fully saturated rings. The molecular weight excluding hydrogens is 354 g/mol. The second-order valence-corrected chi connectivity index (χ2v) is 8.63. The Hall–Kier alpha value is -1.86. The third-order valence-corrected chi connectivity index (χ3v) is 5.20. The lowest BCUT2D eigenvalue weighted by molar-refractivity contribution is -0.0451. The van der Waals surface area contributed by atoms with E-state index < -0.39 is 11.5 Å². The van der Waals surface area contributed by atoms with Crippen LogP contribution in [0.15, 0.2) is 6.07 Å². The molecule has 1 saturated carbocycles. The van der Waals surface area contributed by atoms with Crippen LogP contribution in [0.2, 0.25) is 0 Å². The average Bonchev–Trinajstić information content (AvgIpc) is 2.95. The quantitative estimate of drug-likeness (QED) is 0.773. The van der Waals surface area contributed by atoms with Crippen LogP contribution < -0.4 is 4.90 Å². The Kier molecular flexibility index (Phi) is 5.36. The molecule has 0 atom stereocenters. The van der Waals surface area contributed by atoms with Crippen LogP contribution in [0.25, 0.3) is 0 Å². The number of carbonyl (C=O) groups excluding carboxylic acids is 1. The first kappa shape index (κ1) is 19.9. The summed E-state index contributed by atoms with van der Waals surface area (Å²) in [4.78, 5) is 16.0. The summed E-state index contributed by atoms with van der Waals surface area (Å²) >= 11 is 0. The fourth-order valence-electron chi connectivity index (χ4n) is 3.71. The summed E-state index contributed by atoms with van der Waals surface area (Å²) in [6, 6.07) is 2.05. The van der Waals surface area contributed by atoms with Crippen molar-refractivity contribution in [3.05, 3.63) is 11.8 Å². The van der Waals surface area contributed by atoms with Gasteiger partial charge in [-0.1, -0.05) is 0 Å². The van der Waals surface area contributed by atoms with Crippen LogP contribution in [0.1, 0.15) is 58.2 Å². The molecule has 0 N–H and O–H groups in total. The first-order valence-electron chi connectivity index (χ1n) is 9.71. The van der Waals surface area contributed by atoms with Crippen molar-refractivity contribution in [1.29, 1.82) is 0 Å². The summed E-state index contributed by atoms with van der Waals surface area (Å²) in [5, 5.41) is 4.70. The highest BCUT2D eigenvalue weighted by Crippen LogP contribution is 2.39. The van der Waals surface area contributed by atoms with Crippen LogP contribution in [0, 0.1) is 6.92 Å². The summed E-state index contributed by atoms with van der Waals surface area (Å²) in [5.41, 5.74) is 0.496. The Balaban J connectivity index is 1.59. The molecule has 0 bridgehead atoms. The van der Waals surface area contributed by atoms with Crippen LogP contribution >= 0.6 is 0 Å². The molecule has 8 heteroatoms. The van der Waals surface area contributed by atoms with Gasteiger partial charge in [-0.05, 0) is 40.5 Å². The fourth-order valence-corrected chi connectivity index (χ4v) is 3.71. The van der Waals surface area contributed by atoms with Crippen LogP contribution in [0.3, 0.4) is 0 Å². The van der Waals surface area contributed by atoms with E-state index in [0.29, 0.717) is 39.0 Å². The maximum absolute atomic E-state index is 13.4. The van der Waals surface area contributed by atoms with Crippen molar-refractivity contribution in [2.45, 2.75) is 70.9 Å². The minimum atomic E-state index is -2.53. The van der Waals surface area contributed by atoms with Gasteiger partial charge in [0.1, 0.15) is 5.60 Å². The Bertz CT molecular complexity index is 666. The van der Waals surface area contributed by atoms with E-state index in [4.69, 9.17) is 9.84 Å². The van der Waals surface area contributed by atoms with Crippen molar-refractivity contribution in [1.82, 2.24) is 14.7 Å². The van der Waals surface area contributed by atoms with E-state index in [0.717, 1.165) is 11.5 Å². The lowest BCUT2D eigenvalue weighted by Crippen LogP contribution is -2.50. The number of aromatic nitrogens is 2. The maximum Gasteiger partial charge on any atom is 0.410 e. The Morgan fingerprint density at radius 3 is 2.33 bits per heavy atom.